The maximum absolute atomic E-state index is 13.5. The second-order valence-electron chi connectivity index (χ2n) is 9.59. The molecule has 0 aliphatic carbocycles. The van der Waals surface area contributed by atoms with Crippen molar-refractivity contribution in [2.45, 2.75) is 25.9 Å². The highest BCUT2D eigenvalue weighted by Crippen LogP contribution is 2.36. The number of amides is 1. The third kappa shape index (κ3) is 6.12. The summed E-state index contributed by atoms with van der Waals surface area (Å²) >= 11 is 0. The molecule has 5 rings (SSSR count). The van der Waals surface area contributed by atoms with Gasteiger partial charge in [0, 0.05) is 23.7 Å². The summed E-state index contributed by atoms with van der Waals surface area (Å²) in [6, 6.07) is 13.9. The van der Waals surface area contributed by atoms with Gasteiger partial charge in [-0.1, -0.05) is 12.1 Å². The van der Waals surface area contributed by atoms with Crippen molar-refractivity contribution in [2.24, 2.45) is 0 Å². The number of benzene rings is 3. The minimum Gasteiger partial charge on any atom is -0.490 e. The van der Waals surface area contributed by atoms with E-state index in [1.807, 2.05) is 25.1 Å². The van der Waals surface area contributed by atoms with Crippen LogP contribution >= 0.6 is 0 Å². The number of ether oxygens (including phenoxy) is 1. The number of nitrogens with two attached hydrogens (primary N) is 1. The number of aromatic nitrogens is 2. The Labute approximate surface area is 223 Å². The second kappa shape index (κ2) is 10.9. The van der Waals surface area contributed by atoms with E-state index < -0.39 is 17.6 Å². The van der Waals surface area contributed by atoms with Gasteiger partial charge < -0.3 is 15.8 Å². The predicted molar refractivity (Wildman–Crippen MR) is 145 cm³/mol. The lowest BCUT2D eigenvalue weighted by Crippen LogP contribution is -2.25. The standard InChI is InChI=1S/C29H28F3N5O2/c1-18-4-5-20(15-23(18)19-6-8-24-21(14-19)17-34-28(33)36-24)27(38)35-25-16-22(29(30,31)32)7-9-26(25)39-13-12-37-10-2-3-11-37/h4-9,14-17H,2-3,10-13H2,1H3,(H,35,38)(H2,33,34,36). The quantitative estimate of drug-likeness (QED) is 0.305. The van der Waals surface area contributed by atoms with Gasteiger partial charge in [0.15, 0.2) is 0 Å². The van der Waals surface area contributed by atoms with E-state index in [4.69, 9.17) is 10.5 Å². The van der Waals surface area contributed by atoms with Crippen LogP contribution in [0.4, 0.5) is 24.8 Å². The Balaban J connectivity index is 1.40. The molecule has 7 nitrogen and oxygen atoms in total. The molecule has 1 aliphatic rings. The van der Waals surface area contributed by atoms with Crippen molar-refractivity contribution < 1.29 is 22.7 Å². The number of likely N-dealkylation sites (tertiary alicyclic amines) is 1. The smallest absolute Gasteiger partial charge is 0.416 e. The molecule has 202 valence electrons. The number of aryl methyl sites for hydroxylation is 1. The van der Waals surface area contributed by atoms with Crippen molar-refractivity contribution >= 4 is 28.4 Å². The number of nitrogen functional groups attached to an aromatic ring is 1. The number of anilines is 2. The first kappa shape index (κ1) is 26.4. The SMILES string of the molecule is Cc1ccc(C(=O)Nc2cc(C(F)(F)F)ccc2OCCN2CCCC2)cc1-c1ccc2nc(N)ncc2c1. The van der Waals surface area contributed by atoms with Gasteiger partial charge in [-0.25, -0.2) is 9.97 Å². The lowest BCUT2D eigenvalue weighted by molar-refractivity contribution is -0.137. The third-order valence-corrected chi connectivity index (χ3v) is 6.83. The topological polar surface area (TPSA) is 93.4 Å². The maximum Gasteiger partial charge on any atom is 0.416 e. The molecule has 0 unspecified atom stereocenters. The summed E-state index contributed by atoms with van der Waals surface area (Å²) in [6.45, 7) is 4.85. The van der Waals surface area contributed by atoms with Crippen LogP contribution in [0.5, 0.6) is 5.75 Å². The molecule has 3 N–H and O–H groups in total. The van der Waals surface area contributed by atoms with Gasteiger partial charge in [-0.05, 0) is 92.0 Å². The van der Waals surface area contributed by atoms with Crippen molar-refractivity contribution in [2.75, 3.05) is 37.3 Å². The number of halogens is 3. The molecule has 10 heteroatoms. The summed E-state index contributed by atoms with van der Waals surface area (Å²) in [4.78, 5) is 23.8. The van der Waals surface area contributed by atoms with E-state index in [0.29, 0.717) is 24.2 Å². The van der Waals surface area contributed by atoms with Gasteiger partial charge in [0.25, 0.3) is 5.91 Å². The van der Waals surface area contributed by atoms with E-state index in [9.17, 15) is 18.0 Å². The zero-order valence-corrected chi connectivity index (χ0v) is 21.4. The number of hydrogen-bond acceptors (Lipinski definition) is 6. The van der Waals surface area contributed by atoms with Gasteiger partial charge in [0.2, 0.25) is 5.95 Å². The van der Waals surface area contributed by atoms with E-state index in [1.165, 1.54) is 6.07 Å². The van der Waals surface area contributed by atoms with Crippen molar-refractivity contribution in [3.05, 3.63) is 77.5 Å². The van der Waals surface area contributed by atoms with E-state index in [0.717, 1.165) is 60.1 Å². The van der Waals surface area contributed by atoms with Gasteiger partial charge in [0.05, 0.1) is 16.8 Å². The molecule has 1 aromatic heterocycles. The van der Waals surface area contributed by atoms with E-state index in [-0.39, 0.29) is 17.4 Å². The maximum atomic E-state index is 13.5. The van der Waals surface area contributed by atoms with Crippen LogP contribution in [0.15, 0.2) is 60.8 Å². The Bertz CT molecular complexity index is 1520. The second-order valence-corrected chi connectivity index (χ2v) is 9.59. The predicted octanol–water partition coefficient (Wildman–Crippen LogP) is 5.93. The van der Waals surface area contributed by atoms with Gasteiger partial charge in [-0.2, -0.15) is 13.2 Å². The van der Waals surface area contributed by atoms with Gasteiger partial charge in [-0.3, -0.25) is 9.69 Å². The minimum atomic E-state index is -4.56. The molecule has 1 fully saturated rings. The summed E-state index contributed by atoms with van der Waals surface area (Å²) in [5, 5.41) is 3.43. The summed E-state index contributed by atoms with van der Waals surface area (Å²) in [5.41, 5.74) is 8.33. The molecule has 0 atom stereocenters. The summed E-state index contributed by atoms with van der Waals surface area (Å²) in [5.74, 6) is -0.173. The molecular formula is C29H28F3N5O2. The normalized spacial score (nSPS) is 14.1. The molecule has 0 saturated carbocycles. The fourth-order valence-electron chi connectivity index (χ4n) is 4.70. The highest BCUT2D eigenvalue weighted by atomic mass is 19.4. The van der Waals surface area contributed by atoms with Crippen LogP contribution in [-0.4, -0.2) is 47.0 Å². The molecule has 2 heterocycles. The van der Waals surface area contributed by atoms with Crippen LogP contribution < -0.4 is 15.8 Å². The van der Waals surface area contributed by atoms with E-state index in [2.05, 4.69) is 20.2 Å². The largest absolute Gasteiger partial charge is 0.490 e. The number of nitrogens with zero attached hydrogens (tertiary/aromatic N) is 3. The number of fused-ring (bicyclic) bond motifs is 1. The molecule has 3 aromatic carbocycles. The molecule has 39 heavy (non-hydrogen) atoms. The zero-order valence-electron chi connectivity index (χ0n) is 21.4. The molecule has 0 spiro atoms. The first-order chi connectivity index (χ1) is 18.7. The number of carbonyl (C=O) groups is 1. The highest BCUT2D eigenvalue weighted by molar-refractivity contribution is 6.06. The summed E-state index contributed by atoms with van der Waals surface area (Å²) < 4.78 is 46.2. The lowest BCUT2D eigenvalue weighted by atomic mass is 9.97. The Kier molecular flexibility index (Phi) is 7.38. The lowest BCUT2D eigenvalue weighted by Gasteiger charge is -2.18. The van der Waals surface area contributed by atoms with Crippen LogP contribution in [0.25, 0.3) is 22.0 Å². The average Bonchev–Trinajstić information content (AvgIpc) is 3.42. The van der Waals surface area contributed by atoms with Crippen molar-refractivity contribution in [1.82, 2.24) is 14.9 Å². The number of hydrogen-bond donors (Lipinski definition) is 2. The van der Waals surface area contributed by atoms with Crippen LogP contribution in [-0.2, 0) is 6.18 Å². The average molecular weight is 536 g/mol. The summed E-state index contributed by atoms with van der Waals surface area (Å²) in [6.07, 6.45) is -0.676. The van der Waals surface area contributed by atoms with Crippen LogP contribution in [0.2, 0.25) is 0 Å². The van der Waals surface area contributed by atoms with Crippen LogP contribution in [0.3, 0.4) is 0 Å². The molecule has 1 amide bonds. The number of alkyl halides is 3. The van der Waals surface area contributed by atoms with Crippen molar-refractivity contribution in [3.8, 4) is 16.9 Å². The molecule has 0 radical (unpaired) electrons. The van der Waals surface area contributed by atoms with Gasteiger partial charge in [-0.15, -0.1) is 0 Å². The molecule has 4 aromatic rings. The van der Waals surface area contributed by atoms with Crippen LogP contribution in [0.1, 0.15) is 34.3 Å². The van der Waals surface area contributed by atoms with Gasteiger partial charge >= 0.3 is 6.18 Å². The molecular weight excluding hydrogens is 507 g/mol. The van der Waals surface area contributed by atoms with Crippen molar-refractivity contribution in [3.63, 3.8) is 0 Å². The Hall–Kier alpha value is -4.18. The van der Waals surface area contributed by atoms with Crippen LogP contribution in [0, 0.1) is 6.92 Å². The first-order valence-corrected chi connectivity index (χ1v) is 12.7. The molecule has 1 saturated heterocycles. The summed E-state index contributed by atoms with van der Waals surface area (Å²) in [7, 11) is 0. The molecule has 0 bridgehead atoms. The van der Waals surface area contributed by atoms with Gasteiger partial charge in [0.1, 0.15) is 12.4 Å². The fraction of sp³-hybridized carbons (Fsp3) is 0.276. The van der Waals surface area contributed by atoms with Crippen molar-refractivity contribution in [1.29, 1.82) is 0 Å². The zero-order chi connectivity index (χ0) is 27.6. The Morgan fingerprint density at radius 3 is 2.64 bits per heavy atom. The highest BCUT2D eigenvalue weighted by Gasteiger charge is 2.31. The Morgan fingerprint density at radius 1 is 1.08 bits per heavy atom. The van der Waals surface area contributed by atoms with E-state index in [1.54, 1.807) is 24.4 Å². The third-order valence-electron chi connectivity index (χ3n) is 6.83. The number of carbonyl (C=O) groups excluding carboxylic acids is 1. The monoisotopic (exact) mass is 535 g/mol. The molecule has 1 aliphatic heterocycles. The Morgan fingerprint density at radius 2 is 1.87 bits per heavy atom. The first-order valence-electron chi connectivity index (χ1n) is 12.7. The van der Waals surface area contributed by atoms with E-state index >= 15 is 0 Å². The fourth-order valence-corrected chi connectivity index (χ4v) is 4.70. The minimum absolute atomic E-state index is 0.0289. The number of rotatable bonds is 7. The number of nitrogens with one attached hydrogen (secondary N) is 1.